The molecule has 2 N–H and O–H groups in total. The number of anilines is 1. The molecule has 46 heavy (non-hydrogen) atoms. The molecule has 4 heterocycles. The predicted octanol–water partition coefficient (Wildman–Crippen LogP) is 3.05. The summed E-state index contributed by atoms with van der Waals surface area (Å²) >= 11 is 0. The smallest absolute Gasteiger partial charge is 0.306 e. The maximum atomic E-state index is 13.2. The van der Waals surface area contributed by atoms with Gasteiger partial charge < -0.3 is 29.7 Å². The summed E-state index contributed by atoms with van der Waals surface area (Å²) < 4.78 is 17.2. The zero-order valence-electron chi connectivity index (χ0n) is 26.7. The fourth-order valence-electron chi connectivity index (χ4n) is 6.32. The normalized spacial score (nSPS) is 19.4. The zero-order valence-corrected chi connectivity index (χ0v) is 26.7. The number of morpholine rings is 1. The fraction of sp³-hybridized carbons (Fsp3) is 0.500. The molecule has 2 aromatic carbocycles. The zero-order chi connectivity index (χ0) is 32.4. The molecule has 6 rings (SSSR count). The first-order valence-corrected chi connectivity index (χ1v) is 15.9. The molecule has 0 saturated carbocycles. The van der Waals surface area contributed by atoms with Crippen LogP contribution in [0.25, 0.3) is 10.9 Å². The number of primary amides is 1. The Bertz CT molecular complexity index is 1620. The van der Waals surface area contributed by atoms with Gasteiger partial charge in [0.2, 0.25) is 11.9 Å². The number of aromatic nitrogens is 2. The average Bonchev–Trinajstić information content (AvgIpc) is 3.59. The number of benzene rings is 2. The van der Waals surface area contributed by atoms with Gasteiger partial charge in [-0.05, 0) is 75.1 Å². The van der Waals surface area contributed by atoms with E-state index in [1.165, 1.54) is 10.5 Å². The minimum absolute atomic E-state index is 0.0123. The summed E-state index contributed by atoms with van der Waals surface area (Å²) in [5, 5.41) is 1.02. The van der Waals surface area contributed by atoms with Crippen LogP contribution in [0.4, 0.5) is 5.95 Å². The molecule has 3 aliphatic heterocycles. The van der Waals surface area contributed by atoms with E-state index in [0.717, 1.165) is 61.6 Å². The summed E-state index contributed by atoms with van der Waals surface area (Å²) in [6.45, 7) is 11.0. The second-order valence-electron chi connectivity index (χ2n) is 13.2. The minimum atomic E-state index is -0.909. The second-order valence-corrected chi connectivity index (χ2v) is 13.2. The lowest BCUT2D eigenvalue weighted by Crippen LogP contribution is -2.45. The summed E-state index contributed by atoms with van der Waals surface area (Å²) in [5.41, 5.74) is 8.45. The van der Waals surface area contributed by atoms with Crippen molar-refractivity contribution in [3.63, 3.8) is 0 Å². The molecule has 2 atom stereocenters. The van der Waals surface area contributed by atoms with E-state index in [4.69, 9.17) is 24.9 Å². The Balaban J connectivity index is 1.03. The van der Waals surface area contributed by atoms with Gasteiger partial charge in [-0.3, -0.25) is 19.3 Å². The van der Waals surface area contributed by atoms with Gasteiger partial charge in [-0.1, -0.05) is 6.07 Å². The predicted molar refractivity (Wildman–Crippen MR) is 171 cm³/mol. The first-order valence-electron chi connectivity index (χ1n) is 15.9. The second kappa shape index (κ2) is 13.2. The Labute approximate surface area is 268 Å². The quantitative estimate of drug-likeness (QED) is 0.333. The highest BCUT2D eigenvalue weighted by Crippen LogP contribution is 2.31. The lowest BCUT2D eigenvalue weighted by atomic mass is 10.1. The van der Waals surface area contributed by atoms with Crippen LogP contribution < -0.4 is 15.4 Å². The summed E-state index contributed by atoms with van der Waals surface area (Å²) in [6.07, 6.45) is 2.89. The van der Waals surface area contributed by atoms with Crippen LogP contribution in [0, 0.1) is 0 Å². The van der Waals surface area contributed by atoms with E-state index >= 15 is 0 Å². The first-order chi connectivity index (χ1) is 22.0. The Morgan fingerprint density at radius 3 is 2.67 bits per heavy atom. The van der Waals surface area contributed by atoms with E-state index in [0.29, 0.717) is 24.5 Å². The lowest BCUT2D eigenvalue weighted by Gasteiger charge is -2.26. The number of nitrogens with zero attached hydrogens (tertiary/aromatic N) is 5. The highest BCUT2D eigenvalue weighted by Gasteiger charge is 2.36. The Morgan fingerprint density at radius 2 is 1.91 bits per heavy atom. The van der Waals surface area contributed by atoms with E-state index in [-0.39, 0.29) is 31.4 Å². The molecule has 1 aromatic heterocycles. The molecule has 3 aromatic rings. The molecule has 0 aliphatic carbocycles. The molecule has 12 heteroatoms. The van der Waals surface area contributed by atoms with Crippen molar-refractivity contribution in [2.24, 2.45) is 5.73 Å². The number of carbonyl (C=O) groups is 3. The Kier molecular flexibility index (Phi) is 9.10. The number of hydrogen-bond donors (Lipinski definition) is 1. The first kappa shape index (κ1) is 31.7. The molecule has 3 aliphatic rings. The molecule has 2 amide bonds. The number of likely N-dealkylation sites (tertiary alicyclic amines) is 1. The summed E-state index contributed by atoms with van der Waals surface area (Å²) in [6, 6.07) is 10.9. The number of nitrogens with two attached hydrogens (primary N) is 1. The molecule has 12 nitrogen and oxygen atoms in total. The van der Waals surface area contributed by atoms with Gasteiger partial charge in [0, 0.05) is 62.8 Å². The molecule has 244 valence electrons. The lowest BCUT2D eigenvalue weighted by molar-refractivity contribution is -0.155. The Morgan fingerprint density at radius 1 is 1.11 bits per heavy atom. The molecule has 2 fully saturated rings. The number of amides is 2. The Hall–Kier alpha value is -4.29. The van der Waals surface area contributed by atoms with Crippen LogP contribution in [0.3, 0.4) is 0 Å². The SMILES string of the molecule is CC(C)(C)OC(=O)CC[C@@H](C(N)=O)N1Cc2cc(O[C@H]3CCN(Cc4ccc5nc(N6CCOCC6)ncc5c4)C3)ccc2C1=O. The van der Waals surface area contributed by atoms with E-state index in [9.17, 15) is 14.4 Å². The number of hydrogen-bond acceptors (Lipinski definition) is 10. The van der Waals surface area contributed by atoms with Crippen LogP contribution in [0.2, 0.25) is 0 Å². The van der Waals surface area contributed by atoms with Crippen molar-refractivity contribution < 1.29 is 28.6 Å². The minimum Gasteiger partial charge on any atom is -0.489 e. The fourth-order valence-corrected chi connectivity index (χ4v) is 6.32. The summed E-state index contributed by atoms with van der Waals surface area (Å²) in [7, 11) is 0. The number of fused-ring (bicyclic) bond motifs is 2. The van der Waals surface area contributed by atoms with Crippen molar-refractivity contribution in [1.82, 2.24) is 19.8 Å². The van der Waals surface area contributed by atoms with Crippen LogP contribution in [-0.2, 0) is 32.2 Å². The number of ether oxygens (including phenoxy) is 3. The standard InChI is InChI=1S/C34H42N6O6/c1-34(2,3)46-30(41)9-8-29(31(35)42)40-20-24-17-25(5-6-27(24)32(40)43)45-26-10-11-38(21-26)19-22-4-7-28-23(16-22)18-36-33(37-28)39-12-14-44-15-13-39/h4-7,16-18,26,29H,8-15,19-21H2,1-3H3,(H2,35,42)/t26-,29-/m0/s1. The van der Waals surface area contributed by atoms with E-state index in [2.05, 4.69) is 33.0 Å². The number of rotatable bonds is 10. The summed E-state index contributed by atoms with van der Waals surface area (Å²) in [4.78, 5) is 53.1. The van der Waals surface area contributed by atoms with Crippen LogP contribution in [-0.4, -0.2) is 94.7 Å². The number of carbonyl (C=O) groups excluding carboxylic acids is 3. The van der Waals surface area contributed by atoms with Gasteiger partial charge in [0.1, 0.15) is 23.5 Å². The van der Waals surface area contributed by atoms with Crippen molar-refractivity contribution >= 4 is 34.6 Å². The van der Waals surface area contributed by atoms with E-state index in [1.54, 1.807) is 32.9 Å². The van der Waals surface area contributed by atoms with Gasteiger partial charge in [-0.25, -0.2) is 9.97 Å². The molecular weight excluding hydrogens is 588 g/mol. The van der Waals surface area contributed by atoms with Crippen molar-refractivity contribution in [3.8, 4) is 5.75 Å². The maximum Gasteiger partial charge on any atom is 0.306 e. The van der Waals surface area contributed by atoms with Crippen molar-refractivity contribution in [2.45, 2.75) is 70.9 Å². The van der Waals surface area contributed by atoms with Gasteiger partial charge >= 0.3 is 5.97 Å². The van der Waals surface area contributed by atoms with Crippen LogP contribution in [0.15, 0.2) is 42.6 Å². The summed E-state index contributed by atoms with van der Waals surface area (Å²) in [5.74, 6) is 0.0710. The van der Waals surface area contributed by atoms with Gasteiger partial charge in [0.05, 0.1) is 18.7 Å². The average molecular weight is 631 g/mol. The molecule has 0 spiro atoms. The van der Waals surface area contributed by atoms with Crippen LogP contribution in [0.5, 0.6) is 5.75 Å². The van der Waals surface area contributed by atoms with E-state index in [1.807, 2.05) is 12.3 Å². The topological polar surface area (TPSA) is 140 Å². The maximum absolute atomic E-state index is 13.2. The highest BCUT2D eigenvalue weighted by molar-refractivity contribution is 6.01. The largest absolute Gasteiger partial charge is 0.489 e. The van der Waals surface area contributed by atoms with Gasteiger partial charge in [0.25, 0.3) is 5.91 Å². The van der Waals surface area contributed by atoms with Gasteiger partial charge in [0.15, 0.2) is 0 Å². The molecular formula is C34H42N6O6. The molecule has 0 unspecified atom stereocenters. The van der Waals surface area contributed by atoms with E-state index < -0.39 is 23.5 Å². The van der Waals surface area contributed by atoms with Gasteiger partial charge in [-0.15, -0.1) is 0 Å². The van der Waals surface area contributed by atoms with Gasteiger partial charge in [-0.2, -0.15) is 0 Å². The molecule has 0 radical (unpaired) electrons. The third kappa shape index (κ3) is 7.39. The van der Waals surface area contributed by atoms with Crippen LogP contribution >= 0.6 is 0 Å². The van der Waals surface area contributed by atoms with Crippen molar-refractivity contribution in [2.75, 3.05) is 44.3 Å². The third-order valence-electron chi connectivity index (χ3n) is 8.52. The molecule has 0 bridgehead atoms. The monoisotopic (exact) mass is 630 g/mol. The third-order valence-corrected chi connectivity index (χ3v) is 8.52. The molecule has 2 saturated heterocycles. The van der Waals surface area contributed by atoms with Crippen LogP contribution in [0.1, 0.15) is 61.5 Å². The van der Waals surface area contributed by atoms with Crippen molar-refractivity contribution in [1.29, 1.82) is 0 Å². The highest BCUT2D eigenvalue weighted by atomic mass is 16.6. The number of esters is 1. The van der Waals surface area contributed by atoms with Crippen molar-refractivity contribution in [3.05, 3.63) is 59.3 Å².